The van der Waals surface area contributed by atoms with Crippen molar-refractivity contribution in [1.29, 1.82) is 0 Å². The minimum absolute atomic E-state index is 0.00890. The van der Waals surface area contributed by atoms with E-state index in [9.17, 15) is 4.79 Å². The predicted molar refractivity (Wildman–Crippen MR) is 96.7 cm³/mol. The number of aryl methyl sites for hydroxylation is 1. The smallest absolute Gasteiger partial charge is 0.233 e. The summed E-state index contributed by atoms with van der Waals surface area (Å²) in [4.78, 5) is 18.3. The van der Waals surface area contributed by atoms with E-state index in [0.717, 1.165) is 15.6 Å². The van der Waals surface area contributed by atoms with Crippen molar-refractivity contribution in [2.75, 3.05) is 25.4 Å². The second-order valence-electron chi connectivity index (χ2n) is 4.92. The number of hydrogen-bond donors (Lipinski definition) is 1. The van der Waals surface area contributed by atoms with Crippen LogP contribution in [0.15, 0.2) is 46.1 Å². The Kier molecular flexibility index (Phi) is 7.32. The first-order valence-corrected chi connectivity index (χ1v) is 9.20. The molecule has 0 atom stereocenters. The number of aliphatic hydroxyl groups excluding tert-OH is 1. The Bertz CT molecular complexity index is 641. The molecule has 6 heteroatoms. The van der Waals surface area contributed by atoms with E-state index in [1.165, 1.54) is 11.8 Å². The van der Waals surface area contributed by atoms with Gasteiger partial charge < -0.3 is 10.0 Å². The van der Waals surface area contributed by atoms with Crippen LogP contribution >= 0.6 is 23.1 Å². The lowest BCUT2D eigenvalue weighted by atomic mass is 10.2. The fourth-order valence-corrected chi connectivity index (χ4v) is 3.68. The molecule has 4 nitrogen and oxygen atoms in total. The van der Waals surface area contributed by atoms with Crippen molar-refractivity contribution in [2.24, 2.45) is 0 Å². The van der Waals surface area contributed by atoms with Gasteiger partial charge >= 0.3 is 0 Å². The Morgan fingerprint density at radius 3 is 2.83 bits per heavy atom. The minimum atomic E-state index is -0.0358. The zero-order valence-corrected chi connectivity index (χ0v) is 14.6. The number of rotatable bonds is 8. The Morgan fingerprint density at radius 1 is 1.39 bits per heavy atom. The Balaban J connectivity index is 1.86. The van der Waals surface area contributed by atoms with Gasteiger partial charge in [0, 0.05) is 24.2 Å². The monoisotopic (exact) mass is 348 g/mol. The summed E-state index contributed by atoms with van der Waals surface area (Å²) in [6.07, 6.45) is 3.93. The zero-order chi connectivity index (χ0) is 16.5. The van der Waals surface area contributed by atoms with Crippen LogP contribution in [0.2, 0.25) is 0 Å². The van der Waals surface area contributed by atoms with Crippen molar-refractivity contribution in [1.82, 2.24) is 9.88 Å². The van der Waals surface area contributed by atoms with E-state index in [-0.39, 0.29) is 12.5 Å². The second kappa shape index (κ2) is 9.50. The van der Waals surface area contributed by atoms with Crippen LogP contribution in [0, 0.1) is 6.92 Å². The lowest BCUT2D eigenvalue weighted by Gasteiger charge is -2.19. The van der Waals surface area contributed by atoms with Crippen molar-refractivity contribution in [3.8, 4) is 0 Å². The number of thiazole rings is 1. The topological polar surface area (TPSA) is 53.4 Å². The normalized spacial score (nSPS) is 11.0. The molecule has 1 N–H and O–H groups in total. The third kappa shape index (κ3) is 6.17. The molecule has 0 aliphatic carbocycles. The molecule has 0 saturated carbocycles. The number of amides is 1. The zero-order valence-electron chi connectivity index (χ0n) is 13.0. The van der Waals surface area contributed by atoms with Gasteiger partial charge in [-0.2, -0.15) is 0 Å². The molecule has 2 aromatic rings. The first kappa shape index (κ1) is 17.7. The highest BCUT2D eigenvalue weighted by Crippen LogP contribution is 2.22. The summed E-state index contributed by atoms with van der Waals surface area (Å²) in [6.45, 7) is 2.74. The van der Waals surface area contributed by atoms with Gasteiger partial charge in [-0.25, -0.2) is 4.98 Å². The first-order chi connectivity index (χ1) is 11.2. The third-order valence-electron chi connectivity index (χ3n) is 3.08. The van der Waals surface area contributed by atoms with Gasteiger partial charge in [-0.05, 0) is 12.5 Å². The minimum Gasteiger partial charge on any atom is -0.395 e. The van der Waals surface area contributed by atoms with E-state index < -0.39 is 0 Å². The maximum absolute atomic E-state index is 12.3. The number of aromatic nitrogens is 1. The fourth-order valence-electron chi connectivity index (χ4n) is 1.93. The standard InChI is InChI=1S/C17H20N2O2S2/c1-14-12-22-17(18-14)23-13-16(21)19(10-11-20)9-5-8-15-6-3-2-4-7-15/h2-8,12,20H,9-11,13H2,1H3/b8-5+. The summed E-state index contributed by atoms with van der Waals surface area (Å²) in [5, 5.41) is 11.1. The molecule has 0 aliphatic heterocycles. The SMILES string of the molecule is Cc1csc(SCC(=O)N(C/C=C/c2ccccc2)CCO)n1. The van der Waals surface area contributed by atoms with Gasteiger partial charge in [0.2, 0.25) is 5.91 Å². The van der Waals surface area contributed by atoms with Gasteiger partial charge in [0.15, 0.2) is 4.34 Å². The number of thioether (sulfide) groups is 1. The summed E-state index contributed by atoms with van der Waals surface area (Å²) in [5.41, 5.74) is 2.07. The number of aliphatic hydroxyl groups is 1. The van der Waals surface area contributed by atoms with Gasteiger partial charge in [0.1, 0.15) is 0 Å². The molecule has 1 heterocycles. The molecule has 23 heavy (non-hydrogen) atoms. The lowest BCUT2D eigenvalue weighted by molar-refractivity contribution is -0.128. The van der Waals surface area contributed by atoms with E-state index >= 15 is 0 Å². The van der Waals surface area contributed by atoms with E-state index in [0.29, 0.717) is 18.8 Å². The van der Waals surface area contributed by atoms with Crippen molar-refractivity contribution in [2.45, 2.75) is 11.3 Å². The van der Waals surface area contributed by atoms with Gasteiger partial charge in [0.05, 0.1) is 12.4 Å². The third-order valence-corrected chi connectivity index (χ3v) is 5.20. The summed E-state index contributed by atoms with van der Waals surface area (Å²) < 4.78 is 0.902. The molecule has 122 valence electrons. The van der Waals surface area contributed by atoms with E-state index in [1.54, 1.807) is 16.2 Å². The molecule has 1 amide bonds. The van der Waals surface area contributed by atoms with Gasteiger partial charge in [0.25, 0.3) is 0 Å². The van der Waals surface area contributed by atoms with Crippen LogP contribution in [-0.4, -0.2) is 46.3 Å². The van der Waals surface area contributed by atoms with Crippen LogP contribution in [-0.2, 0) is 4.79 Å². The number of benzene rings is 1. The van der Waals surface area contributed by atoms with Gasteiger partial charge in [-0.3, -0.25) is 4.79 Å². The summed E-state index contributed by atoms with van der Waals surface area (Å²) >= 11 is 2.99. The molecule has 0 radical (unpaired) electrons. The highest BCUT2D eigenvalue weighted by Gasteiger charge is 2.13. The van der Waals surface area contributed by atoms with E-state index in [1.807, 2.05) is 54.8 Å². The molecular formula is C17H20N2O2S2. The van der Waals surface area contributed by atoms with Gasteiger partial charge in [-0.15, -0.1) is 11.3 Å². The van der Waals surface area contributed by atoms with Crippen molar-refractivity contribution in [3.05, 3.63) is 53.0 Å². The quantitative estimate of drug-likeness (QED) is 0.745. The average Bonchev–Trinajstić information content (AvgIpc) is 2.98. The molecule has 1 aromatic heterocycles. The average molecular weight is 348 g/mol. The van der Waals surface area contributed by atoms with Crippen LogP contribution in [0.3, 0.4) is 0 Å². The number of carbonyl (C=O) groups excluding carboxylic acids is 1. The molecule has 0 aliphatic rings. The molecule has 0 fully saturated rings. The molecular weight excluding hydrogens is 328 g/mol. The molecule has 0 spiro atoms. The Hall–Kier alpha value is -1.63. The number of hydrogen-bond acceptors (Lipinski definition) is 5. The van der Waals surface area contributed by atoms with Crippen LogP contribution < -0.4 is 0 Å². The highest BCUT2D eigenvalue weighted by atomic mass is 32.2. The summed E-state index contributed by atoms with van der Waals surface area (Å²) in [6, 6.07) is 9.94. The van der Waals surface area contributed by atoms with Crippen molar-refractivity contribution >= 4 is 35.1 Å². The second-order valence-corrected chi connectivity index (χ2v) is 7.00. The predicted octanol–water partition coefficient (Wildman–Crippen LogP) is 3.08. The molecule has 0 unspecified atom stereocenters. The van der Waals surface area contributed by atoms with Gasteiger partial charge in [-0.1, -0.05) is 54.2 Å². The molecule has 2 rings (SSSR count). The summed E-state index contributed by atoms with van der Waals surface area (Å²) in [5.74, 6) is 0.348. The molecule has 0 bridgehead atoms. The largest absolute Gasteiger partial charge is 0.395 e. The van der Waals surface area contributed by atoms with E-state index in [4.69, 9.17) is 5.11 Å². The number of carbonyl (C=O) groups is 1. The fraction of sp³-hybridized carbons (Fsp3) is 0.294. The molecule has 1 aromatic carbocycles. The lowest BCUT2D eigenvalue weighted by Crippen LogP contribution is -2.35. The first-order valence-electron chi connectivity index (χ1n) is 7.34. The Labute approximate surface area is 144 Å². The molecule has 0 saturated heterocycles. The summed E-state index contributed by atoms with van der Waals surface area (Å²) in [7, 11) is 0. The maximum atomic E-state index is 12.3. The van der Waals surface area contributed by atoms with Crippen molar-refractivity contribution in [3.63, 3.8) is 0 Å². The van der Waals surface area contributed by atoms with Crippen LogP contribution in [0.4, 0.5) is 0 Å². The number of nitrogens with zero attached hydrogens (tertiary/aromatic N) is 2. The van der Waals surface area contributed by atoms with Crippen molar-refractivity contribution < 1.29 is 9.90 Å². The van der Waals surface area contributed by atoms with Crippen LogP contribution in [0.25, 0.3) is 6.08 Å². The Morgan fingerprint density at radius 2 is 2.17 bits per heavy atom. The van der Waals surface area contributed by atoms with Crippen LogP contribution in [0.5, 0.6) is 0 Å². The maximum Gasteiger partial charge on any atom is 0.233 e. The van der Waals surface area contributed by atoms with Crippen LogP contribution in [0.1, 0.15) is 11.3 Å². The van der Waals surface area contributed by atoms with E-state index in [2.05, 4.69) is 4.98 Å². The highest BCUT2D eigenvalue weighted by molar-refractivity contribution is 8.01.